The number of aliphatic carboxylic acids is 1. The van der Waals surface area contributed by atoms with Gasteiger partial charge in [-0.05, 0) is 30.9 Å². The van der Waals surface area contributed by atoms with Gasteiger partial charge in [0.05, 0.1) is 5.25 Å². The smallest absolute Gasteiger partial charge is 0.326 e. The van der Waals surface area contributed by atoms with Crippen LogP contribution in [-0.4, -0.2) is 34.0 Å². The molecule has 0 spiro atoms. The van der Waals surface area contributed by atoms with E-state index in [0.717, 1.165) is 25.0 Å². The lowest BCUT2D eigenvalue weighted by molar-refractivity contribution is -0.142. The molecule has 0 radical (unpaired) electrons. The molecule has 1 aliphatic rings. The molecule has 2 N–H and O–H groups in total. The van der Waals surface area contributed by atoms with E-state index in [1.165, 1.54) is 0 Å². The van der Waals surface area contributed by atoms with Crippen LogP contribution in [-0.2, 0) is 9.59 Å². The van der Waals surface area contributed by atoms with Crippen molar-refractivity contribution in [2.24, 2.45) is 5.92 Å². The molecule has 0 aromatic rings. The quantitative estimate of drug-likeness (QED) is 0.791. The third-order valence-electron chi connectivity index (χ3n) is 2.79. The van der Waals surface area contributed by atoms with Gasteiger partial charge in [0.25, 0.3) is 0 Å². The Morgan fingerprint density at radius 2 is 2.12 bits per heavy atom. The average Bonchev–Trinajstić information content (AvgIpc) is 2.28. The minimum Gasteiger partial charge on any atom is -0.480 e. The third-order valence-corrected chi connectivity index (χ3v) is 4.17. The molecule has 0 bridgehead atoms. The number of carboxylic acid groups (broad SMARTS) is 1. The van der Waals surface area contributed by atoms with Crippen LogP contribution in [0.15, 0.2) is 0 Å². The van der Waals surface area contributed by atoms with Gasteiger partial charge in [-0.1, -0.05) is 20.3 Å². The van der Waals surface area contributed by atoms with Gasteiger partial charge in [-0.25, -0.2) is 4.79 Å². The molecule has 1 saturated heterocycles. The highest BCUT2D eigenvalue weighted by molar-refractivity contribution is 8.00. The summed E-state index contributed by atoms with van der Waals surface area (Å²) in [6.07, 6.45) is 3.57. The predicted octanol–water partition coefficient (Wildman–Crippen LogP) is 1.89. The zero-order chi connectivity index (χ0) is 12.8. The van der Waals surface area contributed by atoms with Crippen LogP contribution in [0.5, 0.6) is 0 Å². The summed E-state index contributed by atoms with van der Waals surface area (Å²) in [6.45, 7) is 3.91. The first-order chi connectivity index (χ1) is 8.00. The molecule has 1 amide bonds. The van der Waals surface area contributed by atoms with Crippen molar-refractivity contribution in [3.05, 3.63) is 0 Å². The van der Waals surface area contributed by atoms with E-state index in [-0.39, 0.29) is 17.1 Å². The number of carbonyl (C=O) groups excluding carboxylic acids is 1. The number of thioether (sulfide) groups is 1. The molecule has 0 aromatic heterocycles. The summed E-state index contributed by atoms with van der Waals surface area (Å²) in [5.41, 5.74) is 0. The summed E-state index contributed by atoms with van der Waals surface area (Å²) in [4.78, 5) is 22.9. The van der Waals surface area contributed by atoms with Gasteiger partial charge in [-0.15, -0.1) is 11.8 Å². The van der Waals surface area contributed by atoms with Crippen molar-refractivity contribution in [1.82, 2.24) is 5.32 Å². The lowest BCUT2D eigenvalue weighted by Gasteiger charge is -2.23. The minimum atomic E-state index is -0.937. The number of amides is 1. The summed E-state index contributed by atoms with van der Waals surface area (Å²) >= 11 is 1.64. The first kappa shape index (κ1) is 14.4. The van der Waals surface area contributed by atoms with Crippen LogP contribution in [0.1, 0.15) is 39.5 Å². The van der Waals surface area contributed by atoms with E-state index in [1.807, 2.05) is 13.8 Å². The molecule has 0 aromatic carbocycles. The molecule has 98 valence electrons. The van der Waals surface area contributed by atoms with Crippen LogP contribution < -0.4 is 5.32 Å². The summed E-state index contributed by atoms with van der Waals surface area (Å²) in [5.74, 6) is 0.214. The molecular formula is C12H21NO3S. The second-order valence-corrected chi connectivity index (χ2v) is 6.19. The number of nitrogens with one attached hydrogen (secondary N) is 1. The van der Waals surface area contributed by atoms with E-state index in [0.29, 0.717) is 6.42 Å². The van der Waals surface area contributed by atoms with Crippen molar-refractivity contribution >= 4 is 23.6 Å². The van der Waals surface area contributed by atoms with Gasteiger partial charge in [-0.3, -0.25) is 4.79 Å². The Morgan fingerprint density at radius 3 is 2.59 bits per heavy atom. The maximum atomic E-state index is 11.9. The second-order valence-electron chi connectivity index (χ2n) is 4.88. The number of carbonyl (C=O) groups is 2. The van der Waals surface area contributed by atoms with E-state index in [9.17, 15) is 9.59 Å². The van der Waals surface area contributed by atoms with Crippen LogP contribution in [0, 0.1) is 5.92 Å². The molecular weight excluding hydrogens is 238 g/mol. The highest BCUT2D eigenvalue weighted by Crippen LogP contribution is 2.25. The Balaban J connectivity index is 2.47. The molecule has 1 heterocycles. The molecule has 5 heteroatoms. The number of rotatable bonds is 5. The van der Waals surface area contributed by atoms with Crippen molar-refractivity contribution in [2.75, 3.05) is 5.75 Å². The molecule has 2 atom stereocenters. The van der Waals surface area contributed by atoms with E-state index in [1.54, 1.807) is 11.8 Å². The highest BCUT2D eigenvalue weighted by Gasteiger charge is 2.27. The number of hydrogen-bond donors (Lipinski definition) is 2. The first-order valence-corrected chi connectivity index (χ1v) is 7.20. The molecule has 1 unspecified atom stereocenters. The highest BCUT2D eigenvalue weighted by atomic mass is 32.2. The zero-order valence-electron chi connectivity index (χ0n) is 10.4. The minimum absolute atomic E-state index is 0.0576. The van der Waals surface area contributed by atoms with Gasteiger partial charge in [0.2, 0.25) is 5.91 Å². The van der Waals surface area contributed by atoms with Crippen LogP contribution >= 0.6 is 11.8 Å². The van der Waals surface area contributed by atoms with E-state index in [2.05, 4.69) is 5.32 Å². The third kappa shape index (κ3) is 4.98. The Labute approximate surface area is 107 Å². The van der Waals surface area contributed by atoms with Gasteiger partial charge in [0, 0.05) is 0 Å². The van der Waals surface area contributed by atoms with Gasteiger partial charge >= 0.3 is 5.97 Å². The SMILES string of the molecule is CC(C)C[C@@H](NC(=O)C1CCCCS1)C(=O)O. The van der Waals surface area contributed by atoms with Gasteiger partial charge in [0.1, 0.15) is 6.04 Å². The average molecular weight is 259 g/mol. The second kappa shape index (κ2) is 6.89. The Bertz CT molecular complexity index is 275. The molecule has 1 aliphatic heterocycles. The normalized spacial score (nSPS) is 22.2. The van der Waals surface area contributed by atoms with Crippen molar-refractivity contribution in [3.63, 3.8) is 0 Å². The first-order valence-electron chi connectivity index (χ1n) is 6.15. The molecule has 0 aliphatic carbocycles. The van der Waals surface area contributed by atoms with Crippen LogP contribution in [0.25, 0.3) is 0 Å². The van der Waals surface area contributed by atoms with Gasteiger partial charge < -0.3 is 10.4 Å². The van der Waals surface area contributed by atoms with Crippen LogP contribution in [0.3, 0.4) is 0 Å². The standard InChI is InChI=1S/C12H21NO3S/c1-8(2)7-9(12(15)16)13-11(14)10-5-3-4-6-17-10/h8-10H,3-7H2,1-2H3,(H,13,14)(H,15,16)/t9-,10?/m1/s1. The summed E-state index contributed by atoms with van der Waals surface area (Å²) in [6, 6.07) is -0.745. The largest absolute Gasteiger partial charge is 0.480 e. The molecule has 17 heavy (non-hydrogen) atoms. The van der Waals surface area contributed by atoms with E-state index < -0.39 is 12.0 Å². The summed E-state index contributed by atoms with van der Waals surface area (Å²) in [5, 5.41) is 11.6. The number of carboxylic acids is 1. The summed E-state index contributed by atoms with van der Waals surface area (Å²) < 4.78 is 0. The Morgan fingerprint density at radius 1 is 1.41 bits per heavy atom. The monoisotopic (exact) mass is 259 g/mol. The predicted molar refractivity (Wildman–Crippen MR) is 69.1 cm³/mol. The molecule has 1 fully saturated rings. The lowest BCUT2D eigenvalue weighted by Crippen LogP contribution is -2.45. The fraction of sp³-hybridized carbons (Fsp3) is 0.833. The fourth-order valence-corrected chi connectivity index (χ4v) is 3.11. The van der Waals surface area contributed by atoms with Crippen molar-refractivity contribution in [2.45, 2.75) is 50.8 Å². The zero-order valence-corrected chi connectivity index (χ0v) is 11.3. The van der Waals surface area contributed by atoms with Crippen LogP contribution in [0.2, 0.25) is 0 Å². The Hall–Kier alpha value is -0.710. The summed E-state index contributed by atoms with van der Waals surface area (Å²) in [7, 11) is 0. The molecule has 4 nitrogen and oxygen atoms in total. The van der Waals surface area contributed by atoms with E-state index >= 15 is 0 Å². The number of hydrogen-bond acceptors (Lipinski definition) is 3. The maximum absolute atomic E-state index is 11.9. The van der Waals surface area contributed by atoms with Crippen molar-refractivity contribution in [1.29, 1.82) is 0 Å². The van der Waals surface area contributed by atoms with Crippen molar-refractivity contribution in [3.8, 4) is 0 Å². The van der Waals surface area contributed by atoms with Crippen molar-refractivity contribution < 1.29 is 14.7 Å². The molecule has 0 saturated carbocycles. The molecule has 1 rings (SSSR count). The maximum Gasteiger partial charge on any atom is 0.326 e. The topological polar surface area (TPSA) is 66.4 Å². The van der Waals surface area contributed by atoms with Gasteiger partial charge in [0.15, 0.2) is 0 Å². The fourth-order valence-electron chi connectivity index (χ4n) is 1.91. The Kier molecular flexibility index (Phi) is 5.82. The van der Waals surface area contributed by atoms with Crippen LogP contribution in [0.4, 0.5) is 0 Å². The van der Waals surface area contributed by atoms with Gasteiger partial charge in [-0.2, -0.15) is 0 Å². The van der Waals surface area contributed by atoms with E-state index in [4.69, 9.17) is 5.11 Å². The lowest BCUT2D eigenvalue weighted by atomic mass is 10.0.